The first-order valence-corrected chi connectivity index (χ1v) is 12.7. The predicted octanol–water partition coefficient (Wildman–Crippen LogP) is 2.71. The zero-order valence-corrected chi connectivity index (χ0v) is 19.8. The summed E-state index contributed by atoms with van der Waals surface area (Å²) in [5.74, 6) is 0. The minimum absolute atomic E-state index is 0.0465. The highest BCUT2D eigenvalue weighted by Gasteiger charge is 2.45. The molecule has 1 aromatic rings. The normalized spacial score (nSPS) is 32.4. The lowest BCUT2D eigenvalue weighted by Gasteiger charge is -2.50. The molecule has 2 atom stereocenters. The minimum atomic E-state index is -0.385. The molecule has 4 aliphatic rings. The lowest BCUT2D eigenvalue weighted by atomic mass is 9.80. The third-order valence-electron chi connectivity index (χ3n) is 7.87. The van der Waals surface area contributed by atoms with Gasteiger partial charge in [0, 0.05) is 56.4 Å². The molecule has 10 nitrogen and oxygen atoms in total. The number of nitro benzene ring substituents is 1. The second-order valence-corrected chi connectivity index (χ2v) is 9.78. The predicted molar refractivity (Wildman–Crippen MR) is 128 cm³/mol. The van der Waals surface area contributed by atoms with Crippen LogP contribution in [-0.4, -0.2) is 109 Å². The Morgan fingerprint density at radius 1 is 0.794 bits per heavy atom. The molecule has 0 N–H and O–H groups in total. The summed E-state index contributed by atoms with van der Waals surface area (Å²) < 4.78 is 11.3. The molecular formula is C24H36N6O4. The molecule has 1 aromatic carbocycles. The van der Waals surface area contributed by atoms with Crippen molar-refractivity contribution in [3.8, 4) is 0 Å². The van der Waals surface area contributed by atoms with Gasteiger partial charge in [-0.3, -0.25) is 19.9 Å². The Morgan fingerprint density at radius 3 is 1.82 bits per heavy atom. The van der Waals surface area contributed by atoms with Crippen LogP contribution >= 0.6 is 0 Å². The van der Waals surface area contributed by atoms with Gasteiger partial charge in [-0.15, -0.1) is 0 Å². The van der Waals surface area contributed by atoms with Crippen molar-refractivity contribution >= 4 is 11.4 Å². The smallest absolute Gasteiger partial charge is 0.269 e. The number of ether oxygens (including phenoxy) is 2. The van der Waals surface area contributed by atoms with Crippen molar-refractivity contribution < 1.29 is 14.4 Å². The summed E-state index contributed by atoms with van der Waals surface area (Å²) >= 11 is 0. The van der Waals surface area contributed by atoms with Gasteiger partial charge in [0.25, 0.3) is 5.69 Å². The Bertz CT molecular complexity index is 806. The number of non-ortho nitro benzene ring substituents is 1. The number of hydrogen-bond acceptors (Lipinski definition) is 9. The summed E-state index contributed by atoms with van der Waals surface area (Å²) in [5.41, 5.74) is 0.733. The lowest BCUT2D eigenvalue weighted by molar-refractivity contribution is -0.384. The van der Waals surface area contributed by atoms with E-state index in [2.05, 4.69) is 19.8 Å². The minimum Gasteiger partial charge on any atom is -0.379 e. The molecule has 0 aromatic heterocycles. The summed E-state index contributed by atoms with van der Waals surface area (Å²) in [4.78, 5) is 18.5. The van der Waals surface area contributed by atoms with Crippen LogP contribution in [0.3, 0.4) is 0 Å². The first-order chi connectivity index (χ1) is 16.7. The van der Waals surface area contributed by atoms with Gasteiger partial charge in [-0.25, -0.2) is 0 Å². The molecule has 4 fully saturated rings. The zero-order valence-electron chi connectivity index (χ0n) is 19.8. The van der Waals surface area contributed by atoms with E-state index >= 15 is 0 Å². The fourth-order valence-electron chi connectivity index (χ4n) is 6.07. The summed E-state index contributed by atoms with van der Waals surface area (Å²) in [6.45, 7) is 9.16. The number of nitro groups is 1. The van der Waals surface area contributed by atoms with Crippen LogP contribution in [0.15, 0.2) is 34.5 Å². The van der Waals surface area contributed by atoms with Gasteiger partial charge in [0.2, 0.25) is 0 Å². The highest BCUT2D eigenvalue weighted by molar-refractivity contribution is 5.43. The third-order valence-corrected chi connectivity index (χ3v) is 7.87. The fraction of sp³-hybridized carbons (Fsp3) is 0.750. The Morgan fingerprint density at radius 2 is 1.32 bits per heavy atom. The van der Waals surface area contributed by atoms with Gasteiger partial charge in [0.15, 0.2) is 0 Å². The molecule has 2 unspecified atom stereocenters. The number of morpholine rings is 2. The maximum absolute atomic E-state index is 11.0. The molecule has 3 aliphatic heterocycles. The zero-order chi connectivity index (χ0) is 23.3. The van der Waals surface area contributed by atoms with E-state index in [9.17, 15) is 10.1 Å². The summed E-state index contributed by atoms with van der Waals surface area (Å²) in [7, 11) is 0. The van der Waals surface area contributed by atoms with E-state index in [1.165, 1.54) is 38.1 Å². The second-order valence-electron chi connectivity index (χ2n) is 9.78. The van der Waals surface area contributed by atoms with Gasteiger partial charge >= 0.3 is 0 Å². The largest absolute Gasteiger partial charge is 0.379 e. The van der Waals surface area contributed by atoms with Gasteiger partial charge in [0.05, 0.1) is 37.0 Å². The number of benzene rings is 1. The first kappa shape index (κ1) is 23.7. The maximum atomic E-state index is 11.0. The Hall–Kier alpha value is -1.98. The van der Waals surface area contributed by atoms with Crippen molar-refractivity contribution in [2.24, 2.45) is 10.2 Å². The van der Waals surface area contributed by atoms with E-state index in [0.29, 0.717) is 23.8 Å². The fourth-order valence-corrected chi connectivity index (χ4v) is 6.07. The third kappa shape index (κ3) is 5.46. The van der Waals surface area contributed by atoms with Crippen LogP contribution in [0.1, 0.15) is 25.7 Å². The van der Waals surface area contributed by atoms with Crippen LogP contribution in [0.4, 0.5) is 11.4 Å². The average molecular weight is 473 g/mol. The topological polar surface area (TPSA) is 96.0 Å². The quantitative estimate of drug-likeness (QED) is 0.357. The van der Waals surface area contributed by atoms with E-state index in [4.69, 9.17) is 14.6 Å². The molecular weight excluding hydrogens is 436 g/mol. The summed E-state index contributed by atoms with van der Waals surface area (Å²) in [6, 6.07) is 7.58. The van der Waals surface area contributed by atoms with Crippen LogP contribution in [0.25, 0.3) is 0 Å². The van der Waals surface area contributed by atoms with E-state index in [1.807, 2.05) is 0 Å². The number of rotatable bonds is 6. The van der Waals surface area contributed by atoms with E-state index < -0.39 is 0 Å². The van der Waals surface area contributed by atoms with Gasteiger partial charge in [0.1, 0.15) is 6.04 Å². The van der Waals surface area contributed by atoms with E-state index in [0.717, 1.165) is 65.4 Å². The van der Waals surface area contributed by atoms with Crippen LogP contribution in [0, 0.1) is 10.1 Å². The standard InChI is InChI=1S/C24H36N6O4/c31-30(32)20-5-3-19(4-6-20)25-26-24-22(28-9-13-33-14-10-28)17-21(27-7-1-2-8-27)18-23(24)29-11-15-34-16-12-29/h3-6,21-24H,1-2,7-18H2. The first-order valence-electron chi connectivity index (χ1n) is 12.7. The average Bonchev–Trinajstić information content (AvgIpc) is 3.43. The molecule has 1 aliphatic carbocycles. The molecule has 5 rings (SSSR count). The van der Waals surface area contributed by atoms with Crippen molar-refractivity contribution in [2.75, 3.05) is 65.7 Å². The van der Waals surface area contributed by atoms with Gasteiger partial charge in [-0.2, -0.15) is 10.2 Å². The Kier molecular flexibility index (Phi) is 7.80. The van der Waals surface area contributed by atoms with Crippen molar-refractivity contribution in [1.29, 1.82) is 0 Å². The van der Waals surface area contributed by atoms with Crippen molar-refractivity contribution in [1.82, 2.24) is 14.7 Å². The van der Waals surface area contributed by atoms with Crippen LogP contribution in [0.2, 0.25) is 0 Å². The highest BCUT2D eigenvalue weighted by Crippen LogP contribution is 2.35. The van der Waals surface area contributed by atoms with Crippen LogP contribution in [0.5, 0.6) is 0 Å². The maximum Gasteiger partial charge on any atom is 0.269 e. The molecule has 0 amide bonds. The highest BCUT2D eigenvalue weighted by atomic mass is 16.6. The number of likely N-dealkylation sites (tertiary alicyclic amines) is 1. The molecule has 3 saturated heterocycles. The number of nitrogens with zero attached hydrogens (tertiary/aromatic N) is 6. The second kappa shape index (κ2) is 11.2. The summed E-state index contributed by atoms with van der Waals surface area (Å²) in [6.07, 6.45) is 4.80. The molecule has 1 saturated carbocycles. The molecule has 34 heavy (non-hydrogen) atoms. The molecule has 3 heterocycles. The van der Waals surface area contributed by atoms with Gasteiger partial charge < -0.3 is 14.4 Å². The van der Waals surface area contributed by atoms with E-state index in [1.54, 1.807) is 12.1 Å². The van der Waals surface area contributed by atoms with Crippen LogP contribution in [-0.2, 0) is 9.47 Å². The van der Waals surface area contributed by atoms with E-state index in [-0.39, 0.29) is 16.7 Å². The molecule has 186 valence electrons. The monoisotopic (exact) mass is 472 g/mol. The van der Waals surface area contributed by atoms with Gasteiger partial charge in [-0.05, 0) is 50.9 Å². The molecule has 10 heteroatoms. The Balaban J connectivity index is 1.43. The van der Waals surface area contributed by atoms with Crippen LogP contribution < -0.4 is 0 Å². The number of azo groups is 1. The van der Waals surface area contributed by atoms with Crippen molar-refractivity contribution in [3.63, 3.8) is 0 Å². The van der Waals surface area contributed by atoms with Gasteiger partial charge in [-0.1, -0.05) is 0 Å². The SMILES string of the molecule is O=[N+]([O-])c1ccc(N=NC2C(N3CCOCC3)CC(N3CCCC3)CC2N2CCOCC2)cc1. The number of hydrogen-bond donors (Lipinski definition) is 0. The van der Waals surface area contributed by atoms with Crippen molar-refractivity contribution in [2.45, 2.75) is 49.9 Å². The lowest BCUT2D eigenvalue weighted by Crippen LogP contribution is -2.63. The Labute approximate surface area is 201 Å². The summed E-state index contributed by atoms with van der Waals surface area (Å²) in [5, 5.41) is 20.6. The molecule has 0 radical (unpaired) electrons. The molecule has 0 bridgehead atoms. The van der Waals surface area contributed by atoms with Crippen molar-refractivity contribution in [3.05, 3.63) is 34.4 Å². The molecule has 0 spiro atoms.